The molecule has 0 radical (unpaired) electrons. The van der Waals surface area contributed by atoms with Crippen LogP contribution in [0.5, 0.6) is 0 Å². The van der Waals surface area contributed by atoms with Gasteiger partial charge in [-0.2, -0.15) is 0 Å². The van der Waals surface area contributed by atoms with Crippen LogP contribution < -0.4 is 20.5 Å². The van der Waals surface area contributed by atoms with E-state index in [1.54, 1.807) is 0 Å². The molecule has 0 spiro atoms. The van der Waals surface area contributed by atoms with Gasteiger partial charge in [0.15, 0.2) is 0 Å². The lowest BCUT2D eigenvalue weighted by Crippen LogP contribution is -2.40. The standard InChI is InChI=1S/C48H45BN2S/c1-28-25-35-36(47(4,5)24-23-46(35,2)3)27-38(28)51-39-26-29-15-8-9-16-30(29)41(42(39)49-45-44(51)31-17-10-13-22-40(31)52-45)32-18-14-20-34-43(32)50-37-21-12-11-19-33(37)48(34,6)7/h8-22,25-27,49-50H,23-24H2,1-7H3. The van der Waals surface area contributed by atoms with Gasteiger partial charge in [-0.15, -0.1) is 11.3 Å². The number of aryl methyl sites for hydroxylation is 1. The van der Waals surface area contributed by atoms with Crippen molar-refractivity contribution < 1.29 is 0 Å². The fourth-order valence-electron chi connectivity index (χ4n) is 9.83. The molecule has 0 amide bonds. The number of benzene rings is 6. The van der Waals surface area contributed by atoms with Crippen LogP contribution >= 0.6 is 11.3 Å². The van der Waals surface area contributed by atoms with E-state index in [1.807, 2.05) is 11.3 Å². The molecular formula is C48H45BN2S. The van der Waals surface area contributed by atoms with Gasteiger partial charge in [-0.25, -0.2) is 0 Å². The molecule has 6 aromatic carbocycles. The maximum atomic E-state index is 3.97. The summed E-state index contributed by atoms with van der Waals surface area (Å²) in [6.07, 6.45) is 2.41. The van der Waals surface area contributed by atoms with Crippen LogP contribution in [0.15, 0.2) is 109 Å². The first-order valence-corrected chi connectivity index (χ1v) is 19.8. The summed E-state index contributed by atoms with van der Waals surface area (Å²) in [6.45, 7) is 16.9. The van der Waals surface area contributed by atoms with E-state index in [1.165, 1.54) is 111 Å². The van der Waals surface area contributed by atoms with E-state index in [0.29, 0.717) is 0 Å². The monoisotopic (exact) mass is 692 g/mol. The largest absolute Gasteiger partial charge is 0.355 e. The van der Waals surface area contributed by atoms with Gasteiger partial charge < -0.3 is 10.2 Å². The lowest BCUT2D eigenvalue weighted by atomic mass is 9.60. The van der Waals surface area contributed by atoms with Gasteiger partial charge in [0.2, 0.25) is 7.28 Å². The Bertz CT molecular complexity index is 2640. The Hall–Kier alpha value is -4.80. The summed E-state index contributed by atoms with van der Waals surface area (Å²) in [4.78, 5) is 2.66. The minimum Gasteiger partial charge on any atom is -0.355 e. The predicted octanol–water partition coefficient (Wildman–Crippen LogP) is 11.9. The second-order valence-corrected chi connectivity index (χ2v) is 18.5. The summed E-state index contributed by atoms with van der Waals surface area (Å²) >= 11 is 1.97. The third kappa shape index (κ3) is 4.43. The average molecular weight is 693 g/mol. The Kier molecular flexibility index (Phi) is 6.67. The van der Waals surface area contributed by atoms with Crippen molar-refractivity contribution in [2.75, 3.05) is 10.2 Å². The first kappa shape index (κ1) is 31.9. The fourth-order valence-corrected chi connectivity index (χ4v) is 11.0. The molecule has 2 aliphatic heterocycles. The number of rotatable bonds is 2. The molecule has 1 aromatic heterocycles. The van der Waals surface area contributed by atoms with Gasteiger partial charge in [-0.05, 0) is 109 Å². The van der Waals surface area contributed by atoms with Gasteiger partial charge in [0.1, 0.15) is 0 Å². The van der Waals surface area contributed by atoms with Crippen LogP contribution in [0.3, 0.4) is 0 Å². The van der Waals surface area contributed by atoms with Crippen molar-refractivity contribution >= 4 is 78.2 Å². The minimum absolute atomic E-state index is 0.109. The summed E-state index contributed by atoms with van der Waals surface area (Å²) in [5.41, 5.74) is 17.6. The molecule has 1 N–H and O–H groups in total. The van der Waals surface area contributed by atoms with Crippen molar-refractivity contribution in [1.29, 1.82) is 0 Å². The smallest absolute Gasteiger partial charge is 0.211 e. The molecule has 52 heavy (non-hydrogen) atoms. The van der Waals surface area contributed by atoms with Crippen molar-refractivity contribution in [3.63, 3.8) is 0 Å². The predicted molar refractivity (Wildman–Crippen MR) is 228 cm³/mol. The lowest BCUT2D eigenvalue weighted by Gasteiger charge is -2.43. The highest BCUT2D eigenvalue weighted by Gasteiger charge is 2.40. The third-order valence-electron chi connectivity index (χ3n) is 12.9. The molecule has 0 unspecified atom stereocenters. The van der Waals surface area contributed by atoms with Crippen LogP contribution in [-0.2, 0) is 16.2 Å². The molecule has 10 rings (SSSR count). The molecule has 0 bridgehead atoms. The van der Waals surface area contributed by atoms with Crippen LogP contribution in [0.25, 0.3) is 32.0 Å². The normalized spacial score (nSPS) is 17.3. The number of fused-ring (bicyclic) bond motifs is 8. The van der Waals surface area contributed by atoms with Crippen LogP contribution in [0.1, 0.15) is 82.2 Å². The van der Waals surface area contributed by atoms with Gasteiger partial charge in [0, 0.05) is 38.1 Å². The van der Waals surface area contributed by atoms with Crippen molar-refractivity contribution in [2.24, 2.45) is 0 Å². The van der Waals surface area contributed by atoms with Gasteiger partial charge in [-0.1, -0.05) is 126 Å². The fraction of sp³-hybridized carbons (Fsp3) is 0.250. The molecule has 3 aliphatic rings. The highest BCUT2D eigenvalue weighted by Crippen LogP contribution is 2.53. The topological polar surface area (TPSA) is 15.3 Å². The molecule has 3 heterocycles. The molecule has 256 valence electrons. The lowest BCUT2D eigenvalue weighted by molar-refractivity contribution is 0.332. The Morgan fingerprint density at radius 1 is 0.654 bits per heavy atom. The molecule has 0 fully saturated rings. The van der Waals surface area contributed by atoms with E-state index in [0.717, 1.165) is 7.28 Å². The maximum Gasteiger partial charge on any atom is 0.211 e. The van der Waals surface area contributed by atoms with E-state index in [4.69, 9.17) is 0 Å². The van der Waals surface area contributed by atoms with Gasteiger partial charge >= 0.3 is 0 Å². The average Bonchev–Trinajstić information content (AvgIpc) is 3.50. The maximum absolute atomic E-state index is 3.97. The molecule has 1 aliphatic carbocycles. The van der Waals surface area contributed by atoms with Crippen molar-refractivity contribution in [1.82, 2.24) is 0 Å². The van der Waals surface area contributed by atoms with E-state index >= 15 is 0 Å². The zero-order chi connectivity index (χ0) is 35.7. The number of hydrogen-bond donors (Lipinski definition) is 1. The Morgan fingerprint density at radius 3 is 2.13 bits per heavy atom. The van der Waals surface area contributed by atoms with E-state index in [-0.39, 0.29) is 16.2 Å². The molecule has 0 saturated heterocycles. The number of thiophene rings is 1. The number of anilines is 5. The van der Waals surface area contributed by atoms with Crippen LogP contribution in [0, 0.1) is 6.92 Å². The molecule has 0 saturated carbocycles. The number of nitrogens with zero attached hydrogens (tertiary/aromatic N) is 1. The van der Waals surface area contributed by atoms with Crippen molar-refractivity contribution in [3.05, 3.63) is 137 Å². The second-order valence-electron chi connectivity index (χ2n) is 17.3. The van der Waals surface area contributed by atoms with E-state index in [2.05, 4.69) is 168 Å². The van der Waals surface area contributed by atoms with Crippen LogP contribution in [-0.4, -0.2) is 7.28 Å². The summed E-state index contributed by atoms with van der Waals surface area (Å²) in [5, 5.41) is 7.89. The highest BCUT2D eigenvalue weighted by molar-refractivity contribution is 7.29. The summed E-state index contributed by atoms with van der Waals surface area (Å²) in [6, 6.07) is 41.5. The number of nitrogens with one attached hydrogen (secondary N) is 1. The van der Waals surface area contributed by atoms with Gasteiger partial charge in [0.05, 0.1) is 11.4 Å². The summed E-state index contributed by atoms with van der Waals surface area (Å²) in [7, 11) is 0.896. The Labute approximate surface area is 312 Å². The zero-order valence-corrected chi connectivity index (χ0v) is 32.2. The van der Waals surface area contributed by atoms with Crippen LogP contribution in [0.2, 0.25) is 0 Å². The zero-order valence-electron chi connectivity index (χ0n) is 31.4. The first-order valence-electron chi connectivity index (χ1n) is 19.0. The SMILES string of the molecule is Cc1cc2c(cc1N1c3cc4ccccc4c(-c4cccc5c4Nc4ccccc4C5(C)C)c3Bc3sc4ccccc4c31)C(C)(C)CCC2(C)C. The number of hydrogen-bond acceptors (Lipinski definition) is 3. The Balaban J connectivity index is 1.30. The third-order valence-corrected chi connectivity index (χ3v) is 14.0. The molecule has 0 atom stereocenters. The quantitative estimate of drug-likeness (QED) is 0.181. The minimum atomic E-state index is -0.136. The van der Waals surface area contributed by atoms with Crippen molar-refractivity contribution in [3.8, 4) is 11.1 Å². The molecular weight excluding hydrogens is 647 g/mol. The van der Waals surface area contributed by atoms with E-state index < -0.39 is 0 Å². The van der Waals surface area contributed by atoms with Crippen LogP contribution in [0.4, 0.5) is 28.4 Å². The van der Waals surface area contributed by atoms with Gasteiger partial charge in [0.25, 0.3) is 0 Å². The second kappa shape index (κ2) is 10.9. The Morgan fingerprint density at radius 2 is 1.33 bits per heavy atom. The molecule has 4 heteroatoms. The highest BCUT2D eigenvalue weighted by atomic mass is 32.1. The summed E-state index contributed by atoms with van der Waals surface area (Å²) < 4.78 is 2.79. The molecule has 7 aromatic rings. The number of para-hydroxylation sites is 2. The first-order chi connectivity index (χ1) is 24.9. The van der Waals surface area contributed by atoms with Gasteiger partial charge in [-0.3, -0.25) is 0 Å². The van der Waals surface area contributed by atoms with E-state index in [9.17, 15) is 0 Å². The summed E-state index contributed by atoms with van der Waals surface area (Å²) in [5.74, 6) is 0. The molecule has 2 nitrogen and oxygen atoms in total. The van der Waals surface area contributed by atoms with Crippen molar-refractivity contribution in [2.45, 2.75) is 77.6 Å².